The van der Waals surface area contributed by atoms with Crippen molar-refractivity contribution < 1.29 is 0 Å². The van der Waals surface area contributed by atoms with Crippen molar-refractivity contribution in [3.8, 4) is 0 Å². The van der Waals surface area contributed by atoms with Crippen LogP contribution in [0.15, 0.2) is 0 Å². The van der Waals surface area contributed by atoms with E-state index in [1.54, 1.807) is 0 Å². The second-order valence-electron chi connectivity index (χ2n) is 6.25. The highest BCUT2D eigenvalue weighted by atomic mass is 32.2. The molecule has 3 fully saturated rings. The van der Waals surface area contributed by atoms with E-state index < -0.39 is 0 Å². The first kappa shape index (κ1) is 13.3. The van der Waals surface area contributed by atoms with Gasteiger partial charge >= 0.3 is 0 Å². The van der Waals surface area contributed by atoms with Crippen LogP contribution in [0.4, 0.5) is 0 Å². The van der Waals surface area contributed by atoms with Gasteiger partial charge in [0.25, 0.3) is 0 Å². The van der Waals surface area contributed by atoms with E-state index >= 15 is 0 Å². The number of fused-ring (bicyclic) bond motifs is 1. The number of hydrogen-bond acceptors (Lipinski definition) is 3. The van der Waals surface area contributed by atoms with Gasteiger partial charge in [0.05, 0.1) is 0 Å². The van der Waals surface area contributed by atoms with Crippen molar-refractivity contribution in [2.75, 3.05) is 31.1 Å². The number of piperazine rings is 1. The minimum atomic E-state index is 0.840. The maximum absolute atomic E-state index is 2.91. The third-order valence-electron chi connectivity index (χ3n) is 5.22. The summed E-state index contributed by atoms with van der Waals surface area (Å²) in [6.45, 7) is 6.48. The van der Waals surface area contributed by atoms with Crippen LogP contribution in [0.5, 0.6) is 0 Å². The monoisotopic (exact) mass is 268 g/mol. The van der Waals surface area contributed by atoms with Crippen molar-refractivity contribution >= 4 is 11.8 Å². The van der Waals surface area contributed by atoms with Crippen molar-refractivity contribution in [1.29, 1.82) is 0 Å². The SMILES string of the molecule is CCC1CN2CCCCC2CN1C1CCSCC1. The Morgan fingerprint density at radius 1 is 1.00 bits per heavy atom. The molecule has 18 heavy (non-hydrogen) atoms. The molecular weight excluding hydrogens is 240 g/mol. The number of hydrogen-bond donors (Lipinski definition) is 0. The van der Waals surface area contributed by atoms with E-state index in [0.717, 1.165) is 18.1 Å². The van der Waals surface area contributed by atoms with E-state index in [0.29, 0.717) is 0 Å². The third-order valence-corrected chi connectivity index (χ3v) is 6.26. The number of rotatable bonds is 2. The van der Waals surface area contributed by atoms with E-state index in [-0.39, 0.29) is 0 Å². The fourth-order valence-electron chi connectivity index (χ4n) is 4.10. The van der Waals surface area contributed by atoms with Gasteiger partial charge in [0, 0.05) is 31.2 Å². The predicted molar refractivity (Wildman–Crippen MR) is 80.3 cm³/mol. The van der Waals surface area contributed by atoms with Gasteiger partial charge in [0.15, 0.2) is 0 Å². The van der Waals surface area contributed by atoms with Gasteiger partial charge in [-0.15, -0.1) is 0 Å². The Kier molecular flexibility index (Phi) is 4.53. The van der Waals surface area contributed by atoms with Crippen LogP contribution in [-0.2, 0) is 0 Å². The fourth-order valence-corrected chi connectivity index (χ4v) is 5.18. The molecular formula is C15H28N2S. The molecule has 0 saturated carbocycles. The quantitative estimate of drug-likeness (QED) is 0.760. The molecule has 104 valence electrons. The lowest BCUT2D eigenvalue weighted by atomic mass is 9.93. The summed E-state index contributed by atoms with van der Waals surface area (Å²) in [6, 6.07) is 2.63. The molecule has 3 aliphatic heterocycles. The van der Waals surface area contributed by atoms with Crippen molar-refractivity contribution in [2.24, 2.45) is 0 Å². The van der Waals surface area contributed by atoms with Crippen LogP contribution in [0.3, 0.4) is 0 Å². The zero-order valence-electron chi connectivity index (χ0n) is 11.8. The van der Waals surface area contributed by atoms with Crippen molar-refractivity contribution in [2.45, 2.75) is 63.6 Å². The first-order chi connectivity index (χ1) is 8.88. The molecule has 0 amide bonds. The highest BCUT2D eigenvalue weighted by molar-refractivity contribution is 7.99. The highest BCUT2D eigenvalue weighted by Crippen LogP contribution is 2.30. The molecule has 3 rings (SSSR count). The normalized spacial score (nSPS) is 36.5. The number of thioether (sulfide) groups is 1. The number of piperidine rings is 1. The first-order valence-electron chi connectivity index (χ1n) is 7.96. The first-order valence-corrected chi connectivity index (χ1v) is 9.11. The smallest absolute Gasteiger partial charge is 0.0224 e. The Morgan fingerprint density at radius 3 is 2.61 bits per heavy atom. The van der Waals surface area contributed by atoms with Crippen LogP contribution in [0.2, 0.25) is 0 Å². The van der Waals surface area contributed by atoms with Gasteiger partial charge in [-0.2, -0.15) is 11.8 Å². The lowest BCUT2D eigenvalue weighted by Crippen LogP contribution is -2.62. The Labute approximate surface area is 116 Å². The molecule has 3 heteroatoms. The van der Waals surface area contributed by atoms with Gasteiger partial charge in [-0.3, -0.25) is 9.80 Å². The van der Waals surface area contributed by atoms with Crippen LogP contribution < -0.4 is 0 Å². The summed E-state index contributed by atoms with van der Waals surface area (Å²) in [5.41, 5.74) is 0. The molecule has 0 aliphatic carbocycles. The Hall–Kier alpha value is 0.270. The molecule has 3 saturated heterocycles. The van der Waals surface area contributed by atoms with E-state index in [2.05, 4.69) is 28.5 Å². The van der Waals surface area contributed by atoms with Gasteiger partial charge in [0.2, 0.25) is 0 Å². The number of nitrogens with zero attached hydrogens (tertiary/aromatic N) is 2. The highest BCUT2D eigenvalue weighted by Gasteiger charge is 2.37. The van der Waals surface area contributed by atoms with E-state index in [1.807, 2.05) is 0 Å². The van der Waals surface area contributed by atoms with Crippen LogP contribution in [0.1, 0.15) is 45.4 Å². The summed E-state index contributed by atoms with van der Waals surface area (Å²) < 4.78 is 0. The van der Waals surface area contributed by atoms with Crippen molar-refractivity contribution in [1.82, 2.24) is 9.80 Å². The Balaban J connectivity index is 1.67. The molecule has 0 N–H and O–H groups in total. The van der Waals surface area contributed by atoms with Crippen molar-refractivity contribution in [3.63, 3.8) is 0 Å². The summed E-state index contributed by atoms with van der Waals surface area (Å²) in [7, 11) is 0. The lowest BCUT2D eigenvalue weighted by molar-refractivity contribution is -0.0172. The predicted octanol–water partition coefficient (Wildman–Crippen LogP) is 2.83. The Bertz CT molecular complexity index is 265. The van der Waals surface area contributed by atoms with Crippen molar-refractivity contribution in [3.05, 3.63) is 0 Å². The molecule has 0 aromatic rings. The largest absolute Gasteiger partial charge is 0.298 e. The molecule has 0 aromatic heterocycles. The topological polar surface area (TPSA) is 6.48 Å². The van der Waals surface area contributed by atoms with E-state index in [9.17, 15) is 0 Å². The van der Waals surface area contributed by atoms with Gasteiger partial charge in [0.1, 0.15) is 0 Å². The molecule has 0 spiro atoms. The second-order valence-corrected chi connectivity index (χ2v) is 7.47. The molecule has 2 unspecified atom stereocenters. The molecule has 0 aromatic carbocycles. The summed E-state index contributed by atoms with van der Waals surface area (Å²) in [4.78, 5) is 5.71. The molecule has 0 bridgehead atoms. The minimum absolute atomic E-state index is 0.840. The average molecular weight is 268 g/mol. The summed E-state index contributed by atoms with van der Waals surface area (Å²) in [5, 5.41) is 0. The standard InChI is InChI=1S/C15H28N2S/c1-2-13-11-16-8-4-3-5-15(16)12-17(13)14-6-9-18-10-7-14/h13-15H,2-12H2,1H3. The maximum Gasteiger partial charge on any atom is 0.0224 e. The molecule has 2 nitrogen and oxygen atoms in total. The fraction of sp³-hybridized carbons (Fsp3) is 1.00. The zero-order chi connectivity index (χ0) is 12.4. The summed E-state index contributed by atoms with van der Waals surface area (Å²) in [6.07, 6.45) is 8.57. The lowest BCUT2D eigenvalue weighted by Gasteiger charge is -2.51. The second kappa shape index (κ2) is 6.15. The maximum atomic E-state index is 2.91. The van der Waals surface area contributed by atoms with Gasteiger partial charge in [-0.05, 0) is 50.2 Å². The molecule has 0 radical (unpaired) electrons. The van der Waals surface area contributed by atoms with Gasteiger partial charge < -0.3 is 0 Å². The minimum Gasteiger partial charge on any atom is -0.298 e. The van der Waals surface area contributed by atoms with E-state index in [4.69, 9.17) is 0 Å². The third kappa shape index (κ3) is 2.73. The van der Waals surface area contributed by atoms with Crippen LogP contribution in [-0.4, -0.2) is 59.1 Å². The van der Waals surface area contributed by atoms with Crippen LogP contribution in [0, 0.1) is 0 Å². The molecule has 3 aliphatic rings. The Morgan fingerprint density at radius 2 is 1.83 bits per heavy atom. The zero-order valence-corrected chi connectivity index (χ0v) is 12.6. The molecule has 3 heterocycles. The average Bonchev–Trinajstić information content (AvgIpc) is 2.46. The summed E-state index contributed by atoms with van der Waals surface area (Å²) in [5.74, 6) is 2.79. The van der Waals surface area contributed by atoms with E-state index in [1.165, 1.54) is 69.7 Å². The van der Waals surface area contributed by atoms with Gasteiger partial charge in [-0.25, -0.2) is 0 Å². The van der Waals surface area contributed by atoms with Gasteiger partial charge in [-0.1, -0.05) is 13.3 Å². The molecule has 2 atom stereocenters. The van der Waals surface area contributed by atoms with Crippen LogP contribution >= 0.6 is 11.8 Å². The van der Waals surface area contributed by atoms with Crippen LogP contribution in [0.25, 0.3) is 0 Å². The summed E-state index contributed by atoms with van der Waals surface area (Å²) >= 11 is 2.16.